The van der Waals surface area contributed by atoms with E-state index in [4.69, 9.17) is 10.5 Å². The predicted molar refractivity (Wildman–Crippen MR) is 68.5 cm³/mol. The molecule has 3 aromatic rings. The number of rotatable bonds is 2. The average Bonchev–Trinajstić information content (AvgIpc) is 2.76. The average molecular weight is 256 g/mol. The van der Waals surface area contributed by atoms with E-state index in [0.717, 1.165) is 36.4 Å². The van der Waals surface area contributed by atoms with E-state index in [1.165, 1.54) is 0 Å². The second-order valence-electron chi connectivity index (χ2n) is 4.81. The Kier molecular flexibility index (Phi) is 2.16. The maximum atomic E-state index is 5.72. The lowest BCUT2D eigenvalue weighted by Crippen LogP contribution is -2.30. The normalized spacial score (nSPS) is 16.0. The van der Waals surface area contributed by atoms with Crippen LogP contribution >= 0.6 is 0 Å². The first-order chi connectivity index (χ1) is 9.31. The minimum absolute atomic E-state index is 0.518. The fourth-order valence-corrected chi connectivity index (χ4v) is 2.27. The van der Waals surface area contributed by atoms with E-state index in [1.54, 1.807) is 16.9 Å². The van der Waals surface area contributed by atoms with Crippen LogP contribution in [0.2, 0.25) is 0 Å². The molecule has 0 saturated carbocycles. The molecule has 0 aromatic carbocycles. The number of nitrogen functional groups attached to an aromatic ring is 1. The number of pyridine rings is 1. The molecule has 4 rings (SSSR count). The van der Waals surface area contributed by atoms with Crippen molar-refractivity contribution in [1.29, 1.82) is 0 Å². The van der Waals surface area contributed by atoms with Crippen LogP contribution in [0.3, 0.4) is 0 Å². The van der Waals surface area contributed by atoms with Gasteiger partial charge in [0.15, 0.2) is 5.82 Å². The molecular weight excluding hydrogens is 244 g/mol. The summed E-state index contributed by atoms with van der Waals surface area (Å²) in [6.45, 7) is 1.58. The lowest BCUT2D eigenvalue weighted by molar-refractivity contribution is -0.0322. The molecule has 0 unspecified atom stereocenters. The molecule has 0 spiro atoms. The van der Waals surface area contributed by atoms with Crippen molar-refractivity contribution in [3.63, 3.8) is 0 Å². The van der Waals surface area contributed by atoms with Crippen molar-refractivity contribution in [3.05, 3.63) is 24.3 Å². The van der Waals surface area contributed by atoms with Gasteiger partial charge in [-0.25, -0.2) is 4.98 Å². The van der Waals surface area contributed by atoms with Gasteiger partial charge in [-0.3, -0.25) is 0 Å². The number of anilines is 1. The first-order valence-electron chi connectivity index (χ1n) is 6.13. The molecule has 4 heterocycles. The van der Waals surface area contributed by atoms with Gasteiger partial charge in [0.1, 0.15) is 5.52 Å². The van der Waals surface area contributed by atoms with Crippen LogP contribution in [0.4, 0.5) is 5.69 Å². The van der Waals surface area contributed by atoms with Crippen LogP contribution in [0.25, 0.3) is 16.6 Å². The van der Waals surface area contributed by atoms with E-state index in [9.17, 15) is 0 Å². The Morgan fingerprint density at radius 1 is 1.32 bits per heavy atom. The number of ether oxygens (including phenoxy) is 1. The zero-order valence-electron chi connectivity index (χ0n) is 10.2. The lowest BCUT2D eigenvalue weighted by Gasteiger charge is -2.24. The standard InChI is InChI=1S/C12H12N6O/c13-9-2-8-3-15-18-10(1-7-5-19-6-7)16-17-12(18)11(8)14-4-9/h2-4,7H,1,5-6,13H2. The summed E-state index contributed by atoms with van der Waals surface area (Å²) >= 11 is 0. The highest BCUT2D eigenvalue weighted by Crippen LogP contribution is 2.20. The van der Waals surface area contributed by atoms with E-state index in [2.05, 4.69) is 20.3 Å². The third kappa shape index (κ3) is 1.62. The molecule has 7 nitrogen and oxygen atoms in total. The third-order valence-electron chi connectivity index (χ3n) is 3.35. The fourth-order valence-electron chi connectivity index (χ4n) is 2.27. The predicted octanol–water partition coefficient (Wildman–Crippen LogP) is 0.444. The van der Waals surface area contributed by atoms with Crippen LogP contribution < -0.4 is 5.73 Å². The van der Waals surface area contributed by atoms with Crippen molar-refractivity contribution in [1.82, 2.24) is 24.8 Å². The van der Waals surface area contributed by atoms with Crippen molar-refractivity contribution >= 4 is 22.2 Å². The fraction of sp³-hybridized carbons (Fsp3) is 0.333. The molecule has 96 valence electrons. The van der Waals surface area contributed by atoms with Gasteiger partial charge in [0.25, 0.3) is 0 Å². The summed E-state index contributed by atoms with van der Waals surface area (Å²) in [4.78, 5) is 4.32. The van der Waals surface area contributed by atoms with E-state index in [0.29, 0.717) is 17.3 Å². The molecule has 19 heavy (non-hydrogen) atoms. The smallest absolute Gasteiger partial charge is 0.204 e. The van der Waals surface area contributed by atoms with Gasteiger partial charge in [0.05, 0.1) is 31.3 Å². The number of fused-ring (bicyclic) bond motifs is 3. The van der Waals surface area contributed by atoms with E-state index >= 15 is 0 Å². The van der Waals surface area contributed by atoms with Gasteiger partial charge in [-0.2, -0.15) is 9.61 Å². The number of nitrogens with zero attached hydrogens (tertiary/aromatic N) is 5. The highest BCUT2D eigenvalue weighted by Gasteiger charge is 2.22. The van der Waals surface area contributed by atoms with Crippen LogP contribution in [0.1, 0.15) is 5.82 Å². The number of hydrogen-bond donors (Lipinski definition) is 1. The molecule has 2 N–H and O–H groups in total. The Hall–Kier alpha value is -2.28. The summed E-state index contributed by atoms with van der Waals surface area (Å²) in [5.74, 6) is 1.37. The molecular formula is C12H12N6O. The minimum atomic E-state index is 0.518. The van der Waals surface area contributed by atoms with Crippen molar-refractivity contribution < 1.29 is 4.74 Å². The highest BCUT2D eigenvalue weighted by molar-refractivity contribution is 5.90. The molecule has 1 aliphatic heterocycles. The SMILES string of the molecule is Nc1cnc2c(cnn3c(CC4COC4)nnc23)c1. The zero-order valence-corrected chi connectivity index (χ0v) is 10.2. The largest absolute Gasteiger partial charge is 0.397 e. The molecule has 0 amide bonds. The van der Waals surface area contributed by atoms with Crippen LogP contribution in [-0.4, -0.2) is 38.0 Å². The maximum Gasteiger partial charge on any atom is 0.204 e. The minimum Gasteiger partial charge on any atom is -0.397 e. The molecule has 0 aliphatic carbocycles. The first-order valence-corrected chi connectivity index (χ1v) is 6.13. The summed E-state index contributed by atoms with van der Waals surface area (Å²) in [5, 5.41) is 13.7. The van der Waals surface area contributed by atoms with Gasteiger partial charge >= 0.3 is 0 Å². The Bertz CT molecular complexity index is 763. The molecule has 7 heteroatoms. The highest BCUT2D eigenvalue weighted by atomic mass is 16.5. The van der Waals surface area contributed by atoms with Crippen molar-refractivity contribution in [2.24, 2.45) is 5.92 Å². The number of hydrogen-bond acceptors (Lipinski definition) is 6. The molecule has 1 aliphatic rings. The van der Waals surface area contributed by atoms with Gasteiger partial charge in [-0.15, -0.1) is 10.2 Å². The van der Waals surface area contributed by atoms with Crippen LogP contribution in [0.15, 0.2) is 18.5 Å². The van der Waals surface area contributed by atoms with Gasteiger partial charge in [-0.1, -0.05) is 0 Å². The van der Waals surface area contributed by atoms with E-state index in [1.807, 2.05) is 6.07 Å². The molecule has 1 fully saturated rings. The van der Waals surface area contributed by atoms with Gasteiger partial charge in [0.2, 0.25) is 5.65 Å². The van der Waals surface area contributed by atoms with Crippen molar-refractivity contribution in [2.45, 2.75) is 6.42 Å². The van der Waals surface area contributed by atoms with Crippen LogP contribution in [0, 0.1) is 5.92 Å². The topological polar surface area (TPSA) is 91.2 Å². The summed E-state index contributed by atoms with van der Waals surface area (Å²) in [5.41, 5.74) is 7.78. The molecule has 0 bridgehead atoms. The van der Waals surface area contributed by atoms with Crippen molar-refractivity contribution in [2.75, 3.05) is 18.9 Å². The summed E-state index contributed by atoms with van der Waals surface area (Å²) < 4.78 is 6.93. The lowest BCUT2D eigenvalue weighted by atomic mass is 10.0. The quantitative estimate of drug-likeness (QED) is 0.715. The van der Waals surface area contributed by atoms with Crippen molar-refractivity contribution in [3.8, 4) is 0 Å². The Balaban J connectivity index is 1.87. The van der Waals surface area contributed by atoms with Gasteiger partial charge in [-0.05, 0) is 6.07 Å². The summed E-state index contributed by atoms with van der Waals surface area (Å²) in [6, 6.07) is 1.84. The second-order valence-corrected chi connectivity index (χ2v) is 4.81. The number of nitrogens with two attached hydrogens (primary N) is 1. The Labute approximate surface area is 108 Å². The van der Waals surface area contributed by atoms with Crippen LogP contribution in [0.5, 0.6) is 0 Å². The molecule has 0 atom stereocenters. The monoisotopic (exact) mass is 256 g/mol. The Morgan fingerprint density at radius 3 is 3.00 bits per heavy atom. The zero-order chi connectivity index (χ0) is 12.8. The maximum absolute atomic E-state index is 5.72. The van der Waals surface area contributed by atoms with Gasteiger partial charge < -0.3 is 10.5 Å². The summed E-state index contributed by atoms with van der Waals surface area (Å²) in [6.07, 6.45) is 4.20. The molecule has 1 saturated heterocycles. The van der Waals surface area contributed by atoms with E-state index in [-0.39, 0.29) is 0 Å². The van der Waals surface area contributed by atoms with E-state index < -0.39 is 0 Å². The number of aromatic nitrogens is 5. The first kappa shape index (κ1) is 10.6. The Morgan fingerprint density at radius 2 is 2.21 bits per heavy atom. The summed E-state index contributed by atoms with van der Waals surface area (Å²) in [7, 11) is 0. The molecule has 0 radical (unpaired) electrons. The second kappa shape index (κ2) is 3.86. The third-order valence-corrected chi connectivity index (χ3v) is 3.35. The van der Waals surface area contributed by atoms with Gasteiger partial charge in [0, 0.05) is 17.7 Å². The van der Waals surface area contributed by atoms with Crippen LogP contribution in [-0.2, 0) is 11.2 Å². The molecule has 3 aromatic heterocycles.